The van der Waals surface area contributed by atoms with Crippen LogP contribution in [0.4, 0.5) is 0 Å². The van der Waals surface area contributed by atoms with Crippen LogP contribution in [0.5, 0.6) is 0 Å². The molecule has 0 aliphatic heterocycles. The highest BCUT2D eigenvalue weighted by molar-refractivity contribution is 5.29. The third kappa shape index (κ3) is 2.28. The quantitative estimate of drug-likeness (QED) is 0.819. The zero-order valence-corrected chi connectivity index (χ0v) is 9.35. The number of rotatable bonds is 4. The van der Waals surface area contributed by atoms with E-state index in [9.17, 15) is 0 Å². The smallest absolute Gasteiger partial charge is 0.145 e. The van der Waals surface area contributed by atoms with E-state index in [0.717, 1.165) is 18.4 Å². The average Bonchev–Trinajstić information content (AvgIpc) is 2.82. The first kappa shape index (κ1) is 10.8. The minimum Gasteiger partial charge on any atom is -0.318 e. The molecule has 1 aromatic heterocycles. The predicted molar refractivity (Wildman–Crippen MR) is 62.9 cm³/mol. The van der Waals surface area contributed by atoms with Crippen LogP contribution in [0, 0.1) is 0 Å². The van der Waals surface area contributed by atoms with E-state index in [1.807, 2.05) is 12.1 Å². The van der Waals surface area contributed by atoms with Crippen molar-refractivity contribution >= 4 is 0 Å². The van der Waals surface area contributed by atoms with Crippen molar-refractivity contribution in [2.45, 2.75) is 25.8 Å². The van der Waals surface area contributed by atoms with Crippen LogP contribution in [0.15, 0.2) is 30.6 Å². The van der Waals surface area contributed by atoms with Gasteiger partial charge in [-0.05, 0) is 17.5 Å². The first-order valence-electron chi connectivity index (χ1n) is 5.51. The summed E-state index contributed by atoms with van der Waals surface area (Å²) in [6.07, 6.45) is 3.70. The van der Waals surface area contributed by atoms with Gasteiger partial charge in [0.05, 0.1) is 6.04 Å². The summed E-state index contributed by atoms with van der Waals surface area (Å²) in [6.45, 7) is 2.17. The van der Waals surface area contributed by atoms with Gasteiger partial charge in [-0.15, -0.1) is 0 Å². The van der Waals surface area contributed by atoms with E-state index in [1.54, 1.807) is 0 Å². The number of nitrogens with two attached hydrogens (primary N) is 1. The number of aromatic nitrogens is 3. The molecule has 0 radical (unpaired) electrons. The molecule has 16 heavy (non-hydrogen) atoms. The van der Waals surface area contributed by atoms with Crippen molar-refractivity contribution in [1.29, 1.82) is 0 Å². The largest absolute Gasteiger partial charge is 0.318 e. The van der Waals surface area contributed by atoms with Gasteiger partial charge in [-0.1, -0.05) is 37.6 Å². The Morgan fingerprint density at radius 3 is 3.00 bits per heavy atom. The Bertz CT molecular complexity index is 436. The molecule has 2 aromatic rings. The van der Waals surface area contributed by atoms with Crippen molar-refractivity contribution < 1.29 is 0 Å². The van der Waals surface area contributed by atoms with Gasteiger partial charge >= 0.3 is 0 Å². The Balaban J connectivity index is 2.23. The molecule has 0 bridgehead atoms. The number of benzene rings is 1. The van der Waals surface area contributed by atoms with E-state index in [1.165, 1.54) is 11.9 Å². The van der Waals surface area contributed by atoms with Crippen LogP contribution in [-0.4, -0.2) is 15.2 Å². The molecule has 1 aromatic carbocycles. The number of H-pyrrole nitrogens is 1. The number of nitrogens with one attached hydrogen (secondary N) is 1. The molecule has 1 atom stereocenters. The predicted octanol–water partition coefficient (Wildman–Crippen LogP) is 1.81. The lowest BCUT2D eigenvalue weighted by Crippen LogP contribution is -2.13. The number of aryl methyl sites for hydroxylation is 1. The SMILES string of the molecule is CCCc1cccc(C(N)c2ncn[nH]2)c1. The van der Waals surface area contributed by atoms with Crippen molar-refractivity contribution in [2.75, 3.05) is 0 Å². The van der Waals surface area contributed by atoms with Gasteiger partial charge in [0.25, 0.3) is 0 Å². The number of hydrogen-bond acceptors (Lipinski definition) is 3. The maximum Gasteiger partial charge on any atom is 0.145 e. The number of nitrogens with zero attached hydrogens (tertiary/aromatic N) is 2. The highest BCUT2D eigenvalue weighted by Crippen LogP contribution is 2.17. The second-order valence-corrected chi connectivity index (χ2v) is 3.84. The minimum absolute atomic E-state index is 0.223. The van der Waals surface area contributed by atoms with Crippen LogP contribution in [0.2, 0.25) is 0 Å². The van der Waals surface area contributed by atoms with Crippen molar-refractivity contribution in [3.8, 4) is 0 Å². The van der Waals surface area contributed by atoms with Crippen molar-refractivity contribution in [2.24, 2.45) is 5.73 Å². The molecular weight excluding hydrogens is 200 g/mol. The fourth-order valence-electron chi connectivity index (χ4n) is 1.75. The molecule has 0 saturated heterocycles. The molecule has 0 amide bonds. The summed E-state index contributed by atoms with van der Waals surface area (Å²) in [5.74, 6) is 0.702. The van der Waals surface area contributed by atoms with Crippen LogP contribution in [0.3, 0.4) is 0 Å². The second kappa shape index (κ2) is 4.90. The third-order valence-corrected chi connectivity index (χ3v) is 2.58. The Kier molecular flexibility index (Phi) is 3.31. The van der Waals surface area contributed by atoms with Crippen LogP contribution >= 0.6 is 0 Å². The van der Waals surface area contributed by atoms with Gasteiger partial charge in [-0.3, -0.25) is 5.10 Å². The monoisotopic (exact) mass is 216 g/mol. The maximum atomic E-state index is 6.09. The molecule has 0 saturated carbocycles. The summed E-state index contributed by atoms with van der Waals surface area (Å²) in [5, 5.41) is 6.61. The minimum atomic E-state index is -0.223. The van der Waals surface area contributed by atoms with Gasteiger partial charge in [0.1, 0.15) is 12.2 Å². The molecule has 4 heteroatoms. The first-order valence-corrected chi connectivity index (χ1v) is 5.51. The maximum absolute atomic E-state index is 6.09. The molecule has 3 N–H and O–H groups in total. The Hall–Kier alpha value is -1.68. The fourth-order valence-corrected chi connectivity index (χ4v) is 1.75. The van der Waals surface area contributed by atoms with Gasteiger partial charge < -0.3 is 5.73 Å². The molecule has 0 spiro atoms. The Morgan fingerprint density at radius 2 is 2.31 bits per heavy atom. The molecule has 4 nitrogen and oxygen atoms in total. The zero-order chi connectivity index (χ0) is 11.4. The average molecular weight is 216 g/mol. The van der Waals surface area contributed by atoms with Crippen molar-refractivity contribution in [3.63, 3.8) is 0 Å². The van der Waals surface area contributed by atoms with Crippen LogP contribution < -0.4 is 5.73 Å². The molecule has 84 valence electrons. The number of aromatic amines is 1. The highest BCUT2D eigenvalue weighted by atomic mass is 15.2. The summed E-state index contributed by atoms with van der Waals surface area (Å²) in [5.41, 5.74) is 8.48. The van der Waals surface area contributed by atoms with Gasteiger partial charge in [0, 0.05) is 0 Å². The van der Waals surface area contributed by atoms with E-state index in [0.29, 0.717) is 5.82 Å². The summed E-state index contributed by atoms with van der Waals surface area (Å²) in [4.78, 5) is 4.08. The molecule has 0 aliphatic carbocycles. The van der Waals surface area contributed by atoms with Crippen molar-refractivity contribution in [3.05, 3.63) is 47.5 Å². The lowest BCUT2D eigenvalue weighted by molar-refractivity contribution is 0.783. The summed E-state index contributed by atoms with van der Waals surface area (Å²) in [7, 11) is 0. The van der Waals surface area contributed by atoms with Crippen LogP contribution in [0.1, 0.15) is 36.3 Å². The zero-order valence-electron chi connectivity index (χ0n) is 9.35. The molecule has 2 rings (SSSR count). The van der Waals surface area contributed by atoms with E-state index in [4.69, 9.17) is 5.73 Å². The van der Waals surface area contributed by atoms with Gasteiger partial charge in [0.2, 0.25) is 0 Å². The summed E-state index contributed by atoms with van der Waals surface area (Å²) < 4.78 is 0. The molecule has 1 unspecified atom stereocenters. The van der Waals surface area contributed by atoms with E-state index in [2.05, 4.69) is 34.2 Å². The first-order chi connectivity index (χ1) is 7.81. The fraction of sp³-hybridized carbons (Fsp3) is 0.333. The molecular formula is C12H16N4. The number of hydrogen-bond donors (Lipinski definition) is 2. The van der Waals surface area contributed by atoms with Gasteiger partial charge in [0.15, 0.2) is 0 Å². The van der Waals surface area contributed by atoms with E-state index in [-0.39, 0.29) is 6.04 Å². The topological polar surface area (TPSA) is 67.6 Å². The van der Waals surface area contributed by atoms with E-state index >= 15 is 0 Å². The molecule has 0 fully saturated rings. The van der Waals surface area contributed by atoms with Gasteiger partial charge in [-0.25, -0.2) is 4.98 Å². The summed E-state index contributed by atoms with van der Waals surface area (Å²) >= 11 is 0. The molecule has 1 heterocycles. The second-order valence-electron chi connectivity index (χ2n) is 3.84. The lowest BCUT2D eigenvalue weighted by Gasteiger charge is -2.10. The van der Waals surface area contributed by atoms with Crippen LogP contribution in [0.25, 0.3) is 0 Å². The lowest BCUT2D eigenvalue weighted by atomic mass is 10.0. The van der Waals surface area contributed by atoms with Crippen molar-refractivity contribution in [1.82, 2.24) is 15.2 Å². The summed E-state index contributed by atoms with van der Waals surface area (Å²) in [6, 6.07) is 8.10. The standard InChI is InChI=1S/C12H16N4/c1-2-4-9-5-3-6-10(7-9)11(13)12-14-8-15-16-12/h3,5-8,11H,2,4,13H2,1H3,(H,14,15,16). The van der Waals surface area contributed by atoms with Crippen LogP contribution in [-0.2, 0) is 6.42 Å². The molecule has 0 aliphatic rings. The normalized spacial score (nSPS) is 12.6. The Labute approximate surface area is 94.9 Å². The Morgan fingerprint density at radius 1 is 1.44 bits per heavy atom. The highest BCUT2D eigenvalue weighted by Gasteiger charge is 2.11. The van der Waals surface area contributed by atoms with Gasteiger partial charge in [-0.2, -0.15) is 5.10 Å². The third-order valence-electron chi connectivity index (χ3n) is 2.58. The van der Waals surface area contributed by atoms with E-state index < -0.39 is 0 Å².